The first kappa shape index (κ1) is 22.3. The predicted molar refractivity (Wildman–Crippen MR) is 127 cm³/mol. The lowest BCUT2D eigenvalue weighted by Crippen LogP contribution is -2.50. The third kappa shape index (κ3) is 3.29. The van der Waals surface area contributed by atoms with Gasteiger partial charge in [-0.1, -0.05) is 77.2 Å². The molecule has 1 heteroatoms. The largest absolute Gasteiger partial charge is 0.299 e. The van der Waals surface area contributed by atoms with Crippen molar-refractivity contribution < 1.29 is 4.79 Å². The Morgan fingerprint density at radius 3 is 2.37 bits per heavy atom. The summed E-state index contributed by atoms with van der Waals surface area (Å²) in [7, 11) is 0. The van der Waals surface area contributed by atoms with E-state index >= 15 is 0 Å². The first-order valence-corrected chi connectivity index (χ1v) is 13.0. The molecule has 0 aromatic heterocycles. The number of allylic oxidation sites excluding steroid dienone is 4. The molecule has 4 aliphatic rings. The molecule has 0 radical (unpaired) electrons. The quantitative estimate of drug-likeness (QED) is 0.447. The summed E-state index contributed by atoms with van der Waals surface area (Å²) in [6.07, 6.45) is 16.4. The van der Waals surface area contributed by atoms with Crippen LogP contribution < -0.4 is 0 Å². The van der Waals surface area contributed by atoms with E-state index in [1.54, 1.807) is 5.57 Å². The van der Waals surface area contributed by atoms with Gasteiger partial charge in [-0.3, -0.25) is 4.79 Å². The molecular formula is C29H46O. The minimum Gasteiger partial charge on any atom is -0.299 e. The Hall–Kier alpha value is -0.850. The molecule has 0 N–H and O–H groups in total. The Labute approximate surface area is 186 Å². The highest BCUT2D eigenvalue weighted by molar-refractivity contribution is 5.89. The Kier molecular flexibility index (Phi) is 5.68. The van der Waals surface area contributed by atoms with Gasteiger partial charge in [0.25, 0.3) is 0 Å². The second-order valence-corrected chi connectivity index (χ2v) is 12.8. The van der Waals surface area contributed by atoms with Gasteiger partial charge < -0.3 is 0 Å². The van der Waals surface area contributed by atoms with Crippen molar-refractivity contribution in [2.75, 3.05) is 0 Å². The standard InChI is InChI=1S/C29H46O/c1-19(2)9-8-10-20(3)22-12-13-23-21-11-14-25-27(4,5)26(30)16-18-29(25,7)24(21)15-17-28(22,23)6/h11,14,19-20,22-24H,8-10,12-13,15-18H2,1-7H3/t20-,22-,23+,24?,28-,29-/m1/s1. The highest BCUT2D eigenvalue weighted by atomic mass is 16.1. The van der Waals surface area contributed by atoms with Gasteiger partial charge in [0.15, 0.2) is 0 Å². The van der Waals surface area contributed by atoms with E-state index in [1.807, 2.05) is 0 Å². The Bertz CT molecular complexity index is 752. The molecule has 0 aromatic carbocycles. The van der Waals surface area contributed by atoms with Crippen molar-refractivity contribution in [2.45, 2.75) is 106 Å². The topological polar surface area (TPSA) is 17.1 Å². The molecule has 0 aromatic rings. The predicted octanol–water partition coefficient (Wildman–Crippen LogP) is 8.15. The summed E-state index contributed by atoms with van der Waals surface area (Å²) in [5, 5.41) is 0. The fourth-order valence-corrected chi connectivity index (χ4v) is 8.56. The third-order valence-electron chi connectivity index (χ3n) is 10.4. The van der Waals surface area contributed by atoms with Crippen LogP contribution in [0.1, 0.15) is 106 Å². The molecule has 0 heterocycles. The zero-order chi connectivity index (χ0) is 21.9. The van der Waals surface area contributed by atoms with Gasteiger partial charge in [-0.25, -0.2) is 0 Å². The highest BCUT2D eigenvalue weighted by Gasteiger charge is 2.59. The fraction of sp³-hybridized carbons (Fsp3) is 0.828. The van der Waals surface area contributed by atoms with Crippen molar-refractivity contribution in [3.8, 4) is 0 Å². The summed E-state index contributed by atoms with van der Waals surface area (Å²) in [6.45, 7) is 16.8. The lowest BCUT2D eigenvalue weighted by molar-refractivity contribution is -0.129. The van der Waals surface area contributed by atoms with E-state index in [0.29, 0.717) is 17.1 Å². The molecule has 1 unspecified atom stereocenters. The van der Waals surface area contributed by atoms with Crippen molar-refractivity contribution >= 4 is 5.78 Å². The maximum absolute atomic E-state index is 12.7. The van der Waals surface area contributed by atoms with Gasteiger partial charge in [0.1, 0.15) is 5.78 Å². The van der Waals surface area contributed by atoms with Gasteiger partial charge in [-0.15, -0.1) is 0 Å². The molecule has 3 saturated carbocycles. The maximum Gasteiger partial charge on any atom is 0.142 e. The lowest BCUT2D eigenvalue weighted by Gasteiger charge is -2.57. The molecule has 3 fully saturated rings. The van der Waals surface area contributed by atoms with Crippen LogP contribution in [0.2, 0.25) is 0 Å². The van der Waals surface area contributed by atoms with Crippen molar-refractivity contribution in [1.82, 2.24) is 0 Å². The lowest BCUT2D eigenvalue weighted by atomic mass is 9.47. The fourth-order valence-electron chi connectivity index (χ4n) is 8.56. The zero-order valence-electron chi connectivity index (χ0n) is 20.8. The van der Waals surface area contributed by atoms with Crippen LogP contribution in [0.25, 0.3) is 0 Å². The van der Waals surface area contributed by atoms with E-state index < -0.39 is 0 Å². The Morgan fingerprint density at radius 1 is 0.933 bits per heavy atom. The first-order chi connectivity index (χ1) is 14.0. The molecular weight excluding hydrogens is 364 g/mol. The summed E-state index contributed by atoms with van der Waals surface area (Å²) in [5.41, 5.74) is 3.60. The number of Topliss-reactive ketones (excluding diaryl/α,β-unsaturated/α-hetero) is 1. The van der Waals surface area contributed by atoms with E-state index in [1.165, 1.54) is 50.5 Å². The van der Waals surface area contributed by atoms with E-state index in [2.05, 4.69) is 60.6 Å². The number of carbonyl (C=O) groups is 1. The van der Waals surface area contributed by atoms with Gasteiger partial charge in [-0.2, -0.15) is 0 Å². The van der Waals surface area contributed by atoms with Gasteiger partial charge in [0, 0.05) is 11.8 Å². The number of rotatable bonds is 5. The number of hydrogen-bond acceptors (Lipinski definition) is 1. The van der Waals surface area contributed by atoms with Gasteiger partial charge in [0.05, 0.1) is 0 Å². The molecule has 6 atom stereocenters. The molecule has 0 bridgehead atoms. The van der Waals surface area contributed by atoms with E-state index in [0.717, 1.165) is 36.5 Å². The van der Waals surface area contributed by atoms with Crippen LogP contribution in [0, 0.1) is 45.8 Å². The summed E-state index contributed by atoms with van der Waals surface area (Å²) in [4.78, 5) is 12.7. The monoisotopic (exact) mass is 410 g/mol. The summed E-state index contributed by atoms with van der Waals surface area (Å²) in [5.74, 6) is 4.45. The summed E-state index contributed by atoms with van der Waals surface area (Å²) in [6, 6.07) is 0. The normalized spacial score (nSPS) is 40.9. The zero-order valence-corrected chi connectivity index (χ0v) is 20.8. The van der Waals surface area contributed by atoms with Gasteiger partial charge in [-0.05, 0) is 86.4 Å². The van der Waals surface area contributed by atoms with Crippen LogP contribution in [0.15, 0.2) is 23.3 Å². The van der Waals surface area contributed by atoms with Gasteiger partial charge in [0.2, 0.25) is 0 Å². The minimum absolute atomic E-state index is 0.198. The van der Waals surface area contributed by atoms with Crippen molar-refractivity contribution in [3.63, 3.8) is 0 Å². The van der Waals surface area contributed by atoms with Gasteiger partial charge >= 0.3 is 0 Å². The molecule has 30 heavy (non-hydrogen) atoms. The average Bonchev–Trinajstić information content (AvgIpc) is 3.02. The van der Waals surface area contributed by atoms with Crippen LogP contribution in [0.4, 0.5) is 0 Å². The maximum atomic E-state index is 12.7. The number of ketones is 1. The SMILES string of the molecule is CC(C)CCC[C@@H](C)[C@H]1CC[C@H]2C3=CC=C4C(C)(C)C(=O)CC[C@]4(C)C3CC[C@]12C. The molecule has 1 nitrogen and oxygen atoms in total. The first-order valence-electron chi connectivity index (χ1n) is 13.0. The summed E-state index contributed by atoms with van der Waals surface area (Å²) >= 11 is 0. The van der Waals surface area contributed by atoms with Crippen LogP contribution in [-0.2, 0) is 4.79 Å². The van der Waals surface area contributed by atoms with Crippen LogP contribution >= 0.6 is 0 Å². The van der Waals surface area contributed by atoms with E-state index in [9.17, 15) is 4.79 Å². The van der Waals surface area contributed by atoms with Crippen LogP contribution in [-0.4, -0.2) is 5.78 Å². The molecule has 4 rings (SSSR count). The van der Waals surface area contributed by atoms with E-state index in [-0.39, 0.29) is 10.8 Å². The van der Waals surface area contributed by atoms with E-state index in [4.69, 9.17) is 0 Å². The molecule has 0 saturated heterocycles. The second-order valence-electron chi connectivity index (χ2n) is 12.8. The van der Waals surface area contributed by atoms with Crippen LogP contribution in [0.3, 0.4) is 0 Å². The second kappa shape index (κ2) is 7.63. The molecule has 0 spiro atoms. The van der Waals surface area contributed by atoms with Crippen molar-refractivity contribution in [2.24, 2.45) is 45.8 Å². The third-order valence-corrected chi connectivity index (χ3v) is 10.4. The van der Waals surface area contributed by atoms with Crippen molar-refractivity contribution in [1.29, 1.82) is 0 Å². The molecule has 0 aliphatic heterocycles. The smallest absolute Gasteiger partial charge is 0.142 e. The minimum atomic E-state index is -0.279. The summed E-state index contributed by atoms with van der Waals surface area (Å²) < 4.78 is 0. The number of carbonyl (C=O) groups excluding carboxylic acids is 1. The Balaban J connectivity index is 1.59. The van der Waals surface area contributed by atoms with Crippen molar-refractivity contribution in [3.05, 3.63) is 23.3 Å². The Morgan fingerprint density at radius 2 is 1.67 bits per heavy atom. The number of hydrogen-bond donors (Lipinski definition) is 0. The highest BCUT2D eigenvalue weighted by Crippen LogP contribution is 2.67. The average molecular weight is 411 g/mol. The molecule has 168 valence electrons. The number of fused-ring (bicyclic) bond motifs is 5. The molecule has 0 amide bonds. The van der Waals surface area contributed by atoms with Crippen LogP contribution in [0.5, 0.6) is 0 Å². The molecule has 4 aliphatic carbocycles.